The largest absolute Gasteiger partial charge is 0.467 e. The van der Waals surface area contributed by atoms with Gasteiger partial charge in [-0.1, -0.05) is 19.9 Å². The van der Waals surface area contributed by atoms with Crippen molar-refractivity contribution in [2.24, 2.45) is 28.6 Å². The summed E-state index contributed by atoms with van der Waals surface area (Å²) in [6.07, 6.45) is 0.597. The molecule has 0 unspecified atom stereocenters. The Morgan fingerprint density at radius 2 is 1.93 bits per heavy atom. The van der Waals surface area contributed by atoms with Gasteiger partial charge in [0.1, 0.15) is 6.17 Å². The van der Waals surface area contributed by atoms with Crippen molar-refractivity contribution in [2.45, 2.75) is 63.6 Å². The molecular weight excluding hydrogens is 382 g/mol. The molecule has 0 aromatic heterocycles. The van der Waals surface area contributed by atoms with Crippen LogP contribution in [0.3, 0.4) is 0 Å². The van der Waals surface area contributed by atoms with Gasteiger partial charge >= 0.3 is 5.97 Å². The molecule has 4 rings (SSSR count). The third-order valence-corrected chi connectivity index (χ3v) is 8.71. The molecule has 0 saturated heterocycles. The molecule has 0 aromatic carbocycles. The van der Waals surface area contributed by atoms with Gasteiger partial charge in [-0.25, -0.2) is 13.6 Å². The SMILES string of the molecule is COC(=O)[C@@]1(O)[C@H](C)C[C@H]2[C@@H]3C[C@H](F)C4=CC(=O)C=C[C@]4(C)[C@@]3(F)[C@@H](O)C[C@@]21C. The lowest BCUT2D eigenvalue weighted by Gasteiger charge is -2.62. The first-order chi connectivity index (χ1) is 13.4. The first-order valence-electron chi connectivity index (χ1n) is 10.1. The number of alkyl halides is 2. The van der Waals surface area contributed by atoms with Gasteiger partial charge in [-0.15, -0.1) is 0 Å². The minimum atomic E-state index is -2.22. The highest BCUT2D eigenvalue weighted by Gasteiger charge is 2.77. The molecule has 0 amide bonds. The minimum Gasteiger partial charge on any atom is -0.467 e. The maximum Gasteiger partial charge on any atom is 0.338 e. The standard InChI is InChI=1S/C22H28F2O5/c1-11-7-13-14-9-16(23)15-8-12(25)5-6-19(15,2)21(14,24)17(26)10-20(13,3)22(11,28)18(27)29-4/h5-6,8,11,13-14,16-17,26,28H,7,9-10H2,1-4H3/t11-,13+,14+,16+,17+,19+,20+,21+,22+/m1/s1. The number of fused-ring (bicyclic) bond motifs is 5. The molecule has 7 heteroatoms. The Labute approximate surface area is 168 Å². The van der Waals surface area contributed by atoms with E-state index in [0.717, 1.165) is 6.08 Å². The lowest BCUT2D eigenvalue weighted by atomic mass is 9.44. The zero-order valence-electron chi connectivity index (χ0n) is 17.1. The molecule has 0 heterocycles. The van der Waals surface area contributed by atoms with Gasteiger partial charge in [0.15, 0.2) is 17.1 Å². The Morgan fingerprint density at radius 1 is 1.28 bits per heavy atom. The second-order valence-corrected chi connectivity index (χ2v) is 9.75. The number of ether oxygens (including phenoxy) is 1. The van der Waals surface area contributed by atoms with Crippen LogP contribution in [0.4, 0.5) is 8.78 Å². The van der Waals surface area contributed by atoms with Crippen molar-refractivity contribution in [3.63, 3.8) is 0 Å². The van der Waals surface area contributed by atoms with Gasteiger partial charge < -0.3 is 14.9 Å². The fourth-order valence-electron chi connectivity index (χ4n) is 7.13. The average molecular weight is 410 g/mol. The average Bonchev–Trinajstić information content (AvgIpc) is 2.86. The van der Waals surface area contributed by atoms with Crippen LogP contribution in [-0.4, -0.2) is 52.6 Å². The normalized spacial score (nSPS) is 53.6. The predicted octanol–water partition coefficient (Wildman–Crippen LogP) is 2.46. The molecule has 9 atom stereocenters. The zero-order chi connectivity index (χ0) is 21.6. The van der Waals surface area contributed by atoms with E-state index in [9.17, 15) is 19.8 Å². The van der Waals surface area contributed by atoms with E-state index >= 15 is 8.78 Å². The van der Waals surface area contributed by atoms with E-state index in [2.05, 4.69) is 0 Å². The number of allylic oxidation sites excluding steroid dienone is 4. The van der Waals surface area contributed by atoms with Crippen molar-refractivity contribution >= 4 is 11.8 Å². The smallest absolute Gasteiger partial charge is 0.338 e. The molecule has 0 aliphatic heterocycles. The van der Waals surface area contributed by atoms with Gasteiger partial charge in [0.05, 0.1) is 13.2 Å². The number of hydrogen-bond donors (Lipinski definition) is 2. The van der Waals surface area contributed by atoms with Gasteiger partial charge in [-0.2, -0.15) is 0 Å². The van der Waals surface area contributed by atoms with Crippen molar-refractivity contribution in [3.05, 3.63) is 23.8 Å². The maximum atomic E-state index is 16.9. The summed E-state index contributed by atoms with van der Waals surface area (Å²) in [4.78, 5) is 24.4. The van der Waals surface area contributed by atoms with Crippen LogP contribution in [0.1, 0.15) is 40.0 Å². The van der Waals surface area contributed by atoms with Gasteiger partial charge in [0.2, 0.25) is 0 Å². The Morgan fingerprint density at radius 3 is 2.55 bits per heavy atom. The summed E-state index contributed by atoms with van der Waals surface area (Å²) >= 11 is 0. The van der Waals surface area contributed by atoms with Gasteiger partial charge in [0.25, 0.3) is 0 Å². The first-order valence-corrected chi connectivity index (χ1v) is 10.1. The Bertz CT molecular complexity index is 839. The van der Waals surface area contributed by atoms with E-state index in [0.29, 0.717) is 6.42 Å². The van der Waals surface area contributed by atoms with E-state index in [-0.39, 0.29) is 18.4 Å². The molecule has 5 nitrogen and oxygen atoms in total. The predicted molar refractivity (Wildman–Crippen MR) is 100 cm³/mol. The molecule has 4 aliphatic rings. The summed E-state index contributed by atoms with van der Waals surface area (Å²) in [5.74, 6) is -3.20. The summed E-state index contributed by atoms with van der Waals surface area (Å²) in [5.41, 5.74) is -6.69. The number of halogens is 2. The summed E-state index contributed by atoms with van der Waals surface area (Å²) in [6.45, 7) is 4.90. The first kappa shape index (κ1) is 20.7. The molecule has 2 N–H and O–H groups in total. The van der Waals surface area contributed by atoms with Gasteiger partial charge in [0, 0.05) is 16.7 Å². The number of aliphatic hydroxyl groups is 2. The number of carbonyl (C=O) groups excluding carboxylic acids is 2. The van der Waals surface area contributed by atoms with Crippen molar-refractivity contribution in [2.75, 3.05) is 7.11 Å². The highest BCUT2D eigenvalue weighted by molar-refractivity contribution is 6.01. The van der Waals surface area contributed by atoms with Crippen LogP contribution in [0.2, 0.25) is 0 Å². The quantitative estimate of drug-likeness (QED) is 0.649. The van der Waals surface area contributed by atoms with E-state index in [1.807, 2.05) is 0 Å². The topological polar surface area (TPSA) is 83.8 Å². The van der Waals surface area contributed by atoms with E-state index < -0.39 is 63.9 Å². The van der Waals surface area contributed by atoms with E-state index in [1.54, 1.807) is 13.8 Å². The van der Waals surface area contributed by atoms with Gasteiger partial charge in [-0.3, -0.25) is 4.79 Å². The number of methoxy groups -OCH3 is 1. The Hall–Kier alpha value is -1.60. The third kappa shape index (κ3) is 2.16. The number of carbonyl (C=O) groups is 2. The molecular formula is C22H28F2O5. The number of rotatable bonds is 1. The molecule has 160 valence electrons. The van der Waals surface area contributed by atoms with Crippen LogP contribution in [-0.2, 0) is 14.3 Å². The highest BCUT2D eigenvalue weighted by atomic mass is 19.1. The van der Waals surface area contributed by atoms with E-state index in [1.165, 1.54) is 26.2 Å². The number of aliphatic hydroxyl groups excluding tert-OH is 1. The fraction of sp³-hybridized carbons (Fsp3) is 0.727. The summed E-state index contributed by atoms with van der Waals surface area (Å²) in [5, 5.41) is 22.5. The lowest BCUT2D eigenvalue weighted by Crippen LogP contribution is -2.70. The number of hydrogen-bond acceptors (Lipinski definition) is 5. The fourth-order valence-corrected chi connectivity index (χ4v) is 7.13. The summed E-state index contributed by atoms with van der Waals surface area (Å²) in [7, 11) is 1.18. The van der Waals surface area contributed by atoms with Crippen LogP contribution < -0.4 is 0 Å². The van der Waals surface area contributed by atoms with Gasteiger partial charge in [-0.05, 0) is 55.7 Å². The summed E-state index contributed by atoms with van der Waals surface area (Å²) < 4.78 is 37.0. The molecule has 29 heavy (non-hydrogen) atoms. The second-order valence-electron chi connectivity index (χ2n) is 9.75. The van der Waals surface area contributed by atoms with Crippen molar-refractivity contribution in [3.8, 4) is 0 Å². The number of esters is 1. The van der Waals surface area contributed by atoms with E-state index in [4.69, 9.17) is 4.74 Å². The molecule has 0 aromatic rings. The molecule has 0 radical (unpaired) electrons. The monoisotopic (exact) mass is 410 g/mol. The van der Waals surface area contributed by atoms with Crippen LogP contribution in [0.25, 0.3) is 0 Å². The maximum absolute atomic E-state index is 16.9. The molecule has 0 bridgehead atoms. The summed E-state index contributed by atoms with van der Waals surface area (Å²) in [6, 6.07) is 0. The van der Waals surface area contributed by atoms with Crippen LogP contribution in [0, 0.1) is 28.6 Å². The Kier molecular flexibility index (Phi) is 4.26. The Balaban J connectivity index is 1.87. The molecule has 3 fully saturated rings. The molecule has 0 spiro atoms. The molecule has 3 saturated carbocycles. The molecule has 4 aliphatic carbocycles. The van der Waals surface area contributed by atoms with Crippen molar-refractivity contribution < 1.29 is 33.3 Å². The number of ketones is 1. The van der Waals surface area contributed by atoms with Crippen molar-refractivity contribution in [1.29, 1.82) is 0 Å². The zero-order valence-corrected chi connectivity index (χ0v) is 17.1. The lowest BCUT2D eigenvalue weighted by molar-refractivity contribution is -0.230. The third-order valence-electron chi connectivity index (χ3n) is 8.71. The second kappa shape index (κ2) is 5.97. The van der Waals surface area contributed by atoms with Crippen LogP contribution in [0.5, 0.6) is 0 Å². The van der Waals surface area contributed by atoms with Crippen LogP contribution in [0.15, 0.2) is 23.8 Å². The minimum absolute atomic E-state index is 0.0562. The highest BCUT2D eigenvalue weighted by Crippen LogP contribution is 2.70. The van der Waals surface area contributed by atoms with Crippen molar-refractivity contribution in [1.82, 2.24) is 0 Å². The van der Waals surface area contributed by atoms with Crippen LogP contribution >= 0.6 is 0 Å².